The minimum Gasteiger partial charge on any atom is -0.337 e. The van der Waals surface area contributed by atoms with Gasteiger partial charge in [0.2, 0.25) is 0 Å². The highest BCUT2D eigenvalue weighted by Gasteiger charge is 2.17. The molecule has 0 unspecified atom stereocenters. The molecule has 0 aliphatic heterocycles. The van der Waals surface area contributed by atoms with Crippen molar-refractivity contribution >= 4 is 33.3 Å². The van der Waals surface area contributed by atoms with Gasteiger partial charge in [-0.05, 0) is 74.3 Å². The molecule has 0 amide bonds. The summed E-state index contributed by atoms with van der Waals surface area (Å²) in [6.45, 7) is 3.28. The van der Waals surface area contributed by atoms with Gasteiger partial charge in [0, 0.05) is 42.3 Å². The summed E-state index contributed by atoms with van der Waals surface area (Å²) in [6, 6.07) is 11.3. The molecule has 5 rings (SSSR count). The van der Waals surface area contributed by atoms with Crippen LogP contribution in [-0.4, -0.2) is 50.3 Å². The van der Waals surface area contributed by atoms with Crippen LogP contribution < -0.4 is 5.32 Å². The lowest BCUT2D eigenvalue weighted by atomic mass is 9.93. The Kier molecular flexibility index (Phi) is 7.10. The number of fused-ring (bicyclic) bond motifs is 2. The van der Waals surface area contributed by atoms with Crippen molar-refractivity contribution in [2.24, 2.45) is 13.0 Å². The van der Waals surface area contributed by atoms with Crippen LogP contribution in [0.4, 0.5) is 15.9 Å². The highest BCUT2D eigenvalue weighted by molar-refractivity contribution is 5.97. The lowest BCUT2D eigenvalue weighted by Crippen LogP contribution is -2.21. The summed E-state index contributed by atoms with van der Waals surface area (Å²) in [5, 5.41) is 9.01. The van der Waals surface area contributed by atoms with Crippen molar-refractivity contribution < 1.29 is 4.39 Å². The molecule has 3 heterocycles. The van der Waals surface area contributed by atoms with E-state index >= 15 is 4.39 Å². The van der Waals surface area contributed by atoms with Crippen molar-refractivity contribution in [3.8, 4) is 11.1 Å². The zero-order chi connectivity index (χ0) is 25.9. The third-order valence-corrected chi connectivity index (χ3v) is 6.85. The summed E-state index contributed by atoms with van der Waals surface area (Å²) in [5.74, 6) is 0.821. The average Bonchev–Trinajstić information content (AvgIpc) is 3.34. The maximum absolute atomic E-state index is 15.4. The first kappa shape index (κ1) is 24.8. The van der Waals surface area contributed by atoms with Crippen molar-refractivity contribution in [2.75, 3.05) is 26.0 Å². The topological polar surface area (TPSA) is 71.8 Å². The van der Waals surface area contributed by atoms with Crippen LogP contribution in [0.3, 0.4) is 0 Å². The van der Waals surface area contributed by atoms with E-state index < -0.39 is 0 Å². The fourth-order valence-corrected chi connectivity index (χ4v) is 4.94. The molecule has 0 aliphatic rings. The number of pyridine rings is 1. The van der Waals surface area contributed by atoms with Gasteiger partial charge in [-0.15, -0.1) is 0 Å². The molecule has 8 heteroatoms. The first-order chi connectivity index (χ1) is 17.9. The summed E-state index contributed by atoms with van der Waals surface area (Å²) in [5.41, 5.74) is 5.03. The van der Waals surface area contributed by atoms with Crippen molar-refractivity contribution in [1.82, 2.24) is 29.6 Å². The van der Waals surface area contributed by atoms with Crippen molar-refractivity contribution in [1.29, 1.82) is 0 Å². The number of nitrogens with one attached hydrogen (secondary N) is 1. The lowest BCUT2D eigenvalue weighted by Gasteiger charge is -2.20. The Labute approximate surface area is 216 Å². The Morgan fingerprint density at radius 2 is 1.92 bits per heavy atom. The lowest BCUT2D eigenvalue weighted by molar-refractivity contribution is 0.306. The van der Waals surface area contributed by atoms with Crippen LogP contribution in [-0.2, 0) is 13.5 Å². The van der Waals surface area contributed by atoms with Gasteiger partial charge in [-0.3, -0.25) is 9.67 Å². The van der Waals surface area contributed by atoms with E-state index in [-0.39, 0.29) is 5.82 Å². The smallest absolute Gasteiger partial charge is 0.156 e. The van der Waals surface area contributed by atoms with Gasteiger partial charge in [-0.1, -0.05) is 19.4 Å². The van der Waals surface area contributed by atoms with E-state index in [2.05, 4.69) is 63.4 Å². The second-order valence-electron chi connectivity index (χ2n) is 9.85. The Morgan fingerprint density at radius 1 is 1.05 bits per heavy atom. The van der Waals surface area contributed by atoms with E-state index in [1.54, 1.807) is 29.1 Å². The standard InChI is InChI=1S/C29H32FN7/c1-5-19(16-36(2)3)8-9-20-13-21(22-15-34-37(4)17-22)14-26-27(20)29(33-18-32-26)35-25-11-10-24-23(28(25)30)7-6-12-31-24/h6-7,10-15,17-19H,5,8-9,16H2,1-4H3,(H,32,33,35)/t19-/m0/s1. The summed E-state index contributed by atoms with van der Waals surface area (Å²) in [6.07, 6.45) is 10.1. The summed E-state index contributed by atoms with van der Waals surface area (Å²) < 4.78 is 17.2. The molecule has 5 aromatic rings. The van der Waals surface area contributed by atoms with Crippen LogP contribution in [0.5, 0.6) is 0 Å². The number of hydrogen-bond donors (Lipinski definition) is 1. The SMILES string of the molecule is CC[C@@H](CCc1cc(-c2cnn(C)c2)cc2ncnc(Nc3ccc4ncccc4c3F)c12)CN(C)C. The van der Waals surface area contributed by atoms with E-state index in [4.69, 9.17) is 0 Å². The summed E-state index contributed by atoms with van der Waals surface area (Å²) in [4.78, 5) is 15.7. The predicted molar refractivity (Wildman–Crippen MR) is 147 cm³/mol. The maximum Gasteiger partial charge on any atom is 0.156 e. The highest BCUT2D eigenvalue weighted by Crippen LogP contribution is 2.34. The number of nitrogens with zero attached hydrogens (tertiary/aromatic N) is 6. The molecule has 0 saturated heterocycles. The second kappa shape index (κ2) is 10.6. The van der Waals surface area contributed by atoms with E-state index in [0.29, 0.717) is 28.3 Å². The first-order valence-electron chi connectivity index (χ1n) is 12.6. The summed E-state index contributed by atoms with van der Waals surface area (Å²) >= 11 is 0. The number of rotatable bonds is 9. The summed E-state index contributed by atoms with van der Waals surface area (Å²) in [7, 11) is 6.14. The van der Waals surface area contributed by atoms with Crippen LogP contribution in [0.15, 0.2) is 61.3 Å². The van der Waals surface area contributed by atoms with Gasteiger partial charge < -0.3 is 10.2 Å². The normalized spacial score (nSPS) is 12.5. The molecule has 0 radical (unpaired) electrons. The van der Waals surface area contributed by atoms with Crippen LogP contribution in [0.25, 0.3) is 32.9 Å². The quantitative estimate of drug-likeness (QED) is 0.270. The van der Waals surface area contributed by atoms with Crippen molar-refractivity contribution in [3.63, 3.8) is 0 Å². The monoisotopic (exact) mass is 497 g/mol. The number of hydrogen-bond acceptors (Lipinski definition) is 6. The number of benzene rings is 2. The zero-order valence-electron chi connectivity index (χ0n) is 21.7. The van der Waals surface area contributed by atoms with Gasteiger partial charge in [0.05, 0.1) is 22.9 Å². The molecule has 37 heavy (non-hydrogen) atoms. The second-order valence-corrected chi connectivity index (χ2v) is 9.85. The minimum absolute atomic E-state index is 0.345. The molecule has 0 saturated carbocycles. The molecule has 0 spiro atoms. The number of anilines is 2. The third-order valence-electron chi connectivity index (χ3n) is 6.85. The van der Waals surface area contributed by atoms with Crippen LogP contribution in [0, 0.1) is 11.7 Å². The van der Waals surface area contributed by atoms with Gasteiger partial charge >= 0.3 is 0 Å². The van der Waals surface area contributed by atoms with Crippen LogP contribution in [0.2, 0.25) is 0 Å². The number of aromatic nitrogens is 5. The molecule has 0 bridgehead atoms. The van der Waals surface area contributed by atoms with E-state index in [1.807, 2.05) is 25.5 Å². The molecule has 1 N–H and O–H groups in total. The molecule has 190 valence electrons. The largest absolute Gasteiger partial charge is 0.337 e. The molecular formula is C29H32FN7. The Morgan fingerprint density at radius 3 is 2.68 bits per heavy atom. The Hall–Kier alpha value is -3.91. The Balaban J connectivity index is 1.59. The predicted octanol–water partition coefficient (Wildman–Crippen LogP) is 5.98. The number of aryl methyl sites for hydroxylation is 2. The third kappa shape index (κ3) is 5.29. The van der Waals surface area contributed by atoms with Gasteiger partial charge in [-0.25, -0.2) is 14.4 Å². The van der Waals surface area contributed by atoms with Crippen molar-refractivity contribution in [2.45, 2.75) is 26.2 Å². The zero-order valence-corrected chi connectivity index (χ0v) is 21.7. The molecule has 2 aromatic carbocycles. The highest BCUT2D eigenvalue weighted by atomic mass is 19.1. The van der Waals surface area contributed by atoms with Gasteiger partial charge in [-0.2, -0.15) is 5.10 Å². The van der Waals surface area contributed by atoms with E-state index in [0.717, 1.165) is 53.4 Å². The molecule has 0 fully saturated rings. The fourth-order valence-electron chi connectivity index (χ4n) is 4.94. The molecule has 1 atom stereocenters. The van der Waals surface area contributed by atoms with Gasteiger partial charge in [0.25, 0.3) is 0 Å². The maximum atomic E-state index is 15.4. The average molecular weight is 498 g/mol. The van der Waals surface area contributed by atoms with E-state index in [1.165, 1.54) is 6.33 Å². The van der Waals surface area contributed by atoms with Gasteiger partial charge in [0.1, 0.15) is 12.1 Å². The number of halogens is 1. The first-order valence-corrected chi connectivity index (χ1v) is 12.6. The molecular weight excluding hydrogens is 465 g/mol. The van der Waals surface area contributed by atoms with Crippen molar-refractivity contribution in [3.05, 3.63) is 72.7 Å². The minimum atomic E-state index is -0.345. The molecule has 0 aliphatic carbocycles. The van der Waals surface area contributed by atoms with Gasteiger partial charge in [0.15, 0.2) is 5.82 Å². The fraction of sp³-hybridized carbons (Fsp3) is 0.310. The van der Waals surface area contributed by atoms with Crippen LogP contribution in [0.1, 0.15) is 25.3 Å². The Bertz CT molecular complexity index is 1540. The van der Waals surface area contributed by atoms with E-state index in [9.17, 15) is 0 Å². The van der Waals surface area contributed by atoms with Crippen LogP contribution >= 0.6 is 0 Å². The molecule has 7 nitrogen and oxygen atoms in total. The molecule has 3 aromatic heterocycles.